The lowest BCUT2D eigenvalue weighted by atomic mass is 10.3. The van der Waals surface area contributed by atoms with Crippen molar-refractivity contribution in [1.29, 1.82) is 0 Å². The van der Waals surface area contributed by atoms with E-state index in [-0.39, 0.29) is 11.5 Å². The van der Waals surface area contributed by atoms with Gasteiger partial charge in [-0.3, -0.25) is 0 Å². The summed E-state index contributed by atoms with van der Waals surface area (Å²) in [5, 5.41) is 24.5. The number of rotatable bonds is 4. The van der Waals surface area contributed by atoms with Crippen LogP contribution >= 0.6 is 7.26 Å². The van der Waals surface area contributed by atoms with E-state index in [0.29, 0.717) is 0 Å². The molecule has 2 N–H and O–H groups in total. The third-order valence-electron chi connectivity index (χ3n) is 4.76. The van der Waals surface area contributed by atoms with Crippen LogP contribution < -0.4 is 21.2 Å². The van der Waals surface area contributed by atoms with E-state index in [1.165, 1.54) is 10.6 Å². The van der Waals surface area contributed by atoms with Crippen molar-refractivity contribution < 1.29 is 10.2 Å². The summed E-state index contributed by atoms with van der Waals surface area (Å²) in [6.45, 7) is 0. The van der Waals surface area contributed by atoms with Gasteiger partial charge in [0.15, 0.2) is 0 Å². The van der Waals surface area contributed by atoms with Gasteiger partial charge in [-0.15, -0.1) is 0 Å². The van der Waals surface area contributed by atoms with Crippen molar-refractivity contribution in [2.45, 2.75) is 0 Å². The predicted octanol–water partition coefficient (Wildman–Crippen LogP) is 3.72. The molecule has 0 fully saturated rings. The molecule has 0 heterocycles. The number of hydrogen-bond donors (Lipinski definition) is 2. The Balaban J connectivity index is 2.11. The number of phenolic OH excluding ortho intramolecular Hbond substituents is 2. The fourth-order valence-electron chi connectivity index (χ4n) is 3.55. The Morgan fingerprint density at radius 3 is 1.00 bits per heavy atom. The zero-order chi connectivity index (χ0) is 18.7. The highest BCUT2D eigenvalue weighted by Crippen LogP contribution is 2.54. The minimum atomic E-state index is -2.17. The van der Waals surface area contributed by atoms with Crippen molar-refractivity contribution in [3.8, 4) is 11.5 Å². The number of phenols is 2. The number of aromatic hydroxyl groups is 2. The molecule has 0 unspecified atom stereocenters. The van der Waals surface area contributed by atoms with Crippen LogP contribution in [0.3, 0.4) is 0 Å². The first-order chi connectivity index (χ1) is 13.2. The van der Waals surface area contributed by atoms with Crippen molar-refractivity contribution in [3.05, 3.63) is 109 Å². The quantitative estimate of drug-likeness (QED) is 0.537. The summed E-state index contributed by atoms with van der Waals surface area (Å²) in [4.78, 5) is 0. The average Bonchev–Trinajstić information content (AvgIpc) is 2.73. The minimum Gasteiger partial charge on any atom is -0.508 e. The van der Waals surface area contributed by atoms with Gasteiger partial charge in [-0.2, -0.15) is 0 Å². The second-order valence-electron chi connectivity index (χ2n) is 6.37. The van der Waals surface area contributed by atoms with Gasteiger partial charge in [0.05, 0.1) is 0 Å². The molecule has 0 amide bonds. The zero-order valence-electron chi connectivity index (χ0n) is 14.7. The fourth-order valence-corrected chi connectivity index (χ4v) is 7.77. The van der Waals surface area contributed by atoms with E-state index in [1.54, 1.807) is 24.3 Å². The zero-order valence-corrected chi connectivity index (χ0v) is 15.6. The summed E-state index contributed by atoms with van der Waals surface area (Å²) in [7, 11) is -2.17. The standard InChI is InChI=1S/C24H19O2P/c25-19-11-15-23(16-12-19)27(21-7-3-1-4-8-21,22-9-5-2-6-10-22)24-17-13-20(26)14-18-24/h1-18H,(H-,25,26)/p+1. The molecule has 132 valence electrons. The Kier molecular flexibility index (Phi) is 4.66. The van der Waals surface area contributed by atoms with Crippen LogP contribution in [0.2, 0.25) is 0 Å². The normalized spacial score (nSPS) is 11.3. The second-order valence-corrected chi connectivity index (χ2v) is 9.78. The molecule has 27 heavy (non-hydrogen) atoms. The first-order valence-corrected chi connectivity index (χ1v) is 10.6. The van der Waals surface area contributed by atoms with Crippen molar-refractivity contribution in [2.75, 3.05) is 0 Å². The van der Waals surface area contributed by atoms with Crippen LogP contribution in [0, 0.1) is 0 Å². The van der Waals surface area contributed by atoms with E-state index in [4.69, 9.17) is 0 Å². The van der Waals surface area contributed by atoms with Crippen LogP contribution in [0.4, 0.5) is 0 Å². The van der Waals surface area contributed by atoms with Crippen molar-refractivity contribution >= 4 is 28.5 Å². The second kappa shape index (κ2) is 7.26. The van der Waals surface area contributed by atoms with E-state index in [9.17, 15) is 10.2 Å². The molecule has 0 aliphatic rings. The van der Waals surface area contributed by atoms with Gasteiger partial charge >= 0.3 is 0 Å². The maximum absolute atomic E-state index is 9.85. The lowest BCUT2D eigenvalue weighted by molar-refractivity contribution is 0.475. The Labute approximate surface area is 159 Å². The summed E-state index contributed by atoms with van der Waals surface area (Å²) in [5.41, 5.74) is 0. The molecule has 0 aliphatic heterocycles. The Bertz CT molecular complexity index is 924. The van der Waals surface area contributed by atoms with Crippen LogP contribution in [0.25, 0.3) is 0 Å². The molecule has 0 radical (unpaired) electrons. The Morgan fingerprint density at radius 2 is 0.667 bits per heavy atom. The molecular weight excluding hydrogens is 351 g/mol. The predicted molar refractivity (Wildman–Crippen MR) is 115 cm³/mol. The highest BCUT2D eigenvalue weighted by Gasteiger charge is 2.47. The molecule has 0 bridgehead atoms. The molecule has 0 aliphatic carbocycles. The molecule has 0 atom stereocenters. The van der Waals surface area contributed by atoms with Crippen LogP contribution in [0.5, 0.6) is 11.5 Å². The number of benzene rings is 4. The van der Waals surface area contributed by atoms with Gasteiger partial charge in [0.2, 0.25) is 0 Å². The molecule has 2 nitrogen and oxygen atoms in total. The average molecular weight is 371 g/mol. The van der Waals surface area contributed by atoms with Gasteiger partial charge in [0, 0.05) is 0 Å². The lowest BCUT2D eigenvalue weighted by Gasteiger charge is -2.27. The van der Waals surface area contributed by atoms with E-state index < -0.39 is 7.26 Å². The molecule has 0 saturated carbocycles. The van der Waals surface area contributed by atoms with Crippen LogP contribution in [0.1, 0.15) is 0 Å². The van der Waals surface area contributed by atoms with Gasteiger partial charge in [0.25, 0.3) is 0 Å². The van der Waals surface area contributed by atoms with Crippen molar-refractivity contribution in [1.82, 2.24) is 0 Å². The van der Waals surface area contributed by atoms with Gasteiger partial charge in [-0.05, 0) is 72.8 Å². The van der Waals surface area contributed by atoms with Gasteiger partial charge in [0.1, 0.15) is 40.0 Å². The van der Waals surface area contributed by atoms with Crippen LogP contribution in [0.15, 0.2) is 109 Å². The topological polar surface area (TPSA) is 40.5 Å². The van der Waals surface area contributed by atoms with Crippen LogP contribution in [-0.2, 0) is 0 Å². The largest absolute Gasteiger partial charge is 0.508 e. The van der Waals surface area contributed by atoms with Crippen LogP contribution in [-0.4, -0.2) is 10.2 Å². The molecule has 0 aromatic heterocycles. The summed E-state index contributed by atoms with van der Waals surface area (Å²) in [6.07, 6.45) is 0. The number of hydrogen-bond acceptors (Lipinski definition) is 2. The SMILES string of the molecule is Oc1ccc([P+](c2ccccc2)(c2ccccc2)c2ccc(O)cc2)cc1. The van der Waals surface area contributed by atoms with Crippen molar-refractivity contribution in [3.63, 3.8) is 0 Å². The molecule has 0 saturated heterocycles. The molecule has 4 rings (SSSR count). The maximum atomic E-state index is 9.85. The van der Waals surface area contributed by atoms with E-state index in [1.807, 2.05) is 36.4 Å². The third-order valence-corrected chi connectivity index (χ3v) is 9.05. The van der Waals surface area contributed by atoms with E-state index >= 15 is 0 Å². The molecule has 3 heteroatoms. The highest BCUT2D eigenvalue weighted by molar-refractivity contribution is 8.01. The molecule has 4 aromatic carbocycles. The fraction of sp³-hybridized carbons (Fsp3) is 0. The van der Waals surface area contributed by atoms with E-state index in [0.717, 1.165) is 10.6 Å². The van der Waals surface area contributed by atoms with E-state index in [2.05, 4.69) is 48.5 Å². The maximum Gasteiger partial charge on any atom is 0.144 e. The highest BCUT2D eigenvalue weighted by atomic mass is 31.2. The molecule has 4 aromatic rings. The Morgan fingerprint density at radius 1 is 0.370 bits per heavy atom. The van der Waals surface area contributed by atoms with Gasteiger partial charge in [-0.25, -0.2) is 0 Å². The molecule has 0 spiro atoms. The van der Waals surface area contributed by atoms with Gasteiger partial charge in [-0.1, -0.05) is 36.4 Å². The summed E-state index contributed by atoms with van der Waals surface area (Å²) < 4.78 is 0. The summed E-state index contributed by atoms with van der Waals surface area (Å²) >= 11 is 0. The van der Waals surface area contributed by atoms with Gasteiger partial charge < -0.3 is 10.2 Å². The minimum absolute atomic E-state index is 0.253. The third kappa shape index (κ3) is 3.09. The monoisotopic (exact) mass is 371 g/mol. The molecular formula is C24H20O2P+. The summed E-state index contributed by atoms with van der Waals surface area (Å²) in [6, 6.07) is 36.0. The smallest absolute Gasteiger partial charge is 0.144 e. The lowest BCUT2D eigenvalue weighted by Crippen LogP contribution is -2.38. The first kappa shape index (κ1) is 17.3. The first-order valence-electron chi connectivity index (χ1n) is 8.81. The van der Waals surface area contributed by atoms with Crippen molar-refractivity contribution in [2.24, 2.45) is 0 Å². The summed E-state index contributed by atoms with van der Waals surface area (Å²) in [5.74, 6) is 0.507. The Hall–Kier alpha value is -3.09.